The van der Waals surface area contributed by atoms with Gasteiger partial charge in [0.2, 0.25) is 5.95 Å². The van der Waals surface area contributed by atoms with E-state index in [-0.39, 0.29) is 17.2 Å². The highest BCUT2D eigenvalue weighted by Crippen LogP contribution is 2.26. The molecule has 1 aromatic heterocycles. The van der Waals surface area contributed by atoms with Crippen molar-refractivity contribution in [2.45, 2.75) is 0 Å². The molecule has 0 radical (unpaired) electrons. The number of nitrogens with two attached hydrogens (primary N) is 1. The molecule has 0 saturated heterocycles. The van der Waals surface area contributed by atoms with Gasteiger partial charge in [0.25, 0.3) is 0 Å². The molecule has 0 amide bonds. The fourth-order valence-corrected chi connectivity index (χ4v) is 2.17. The van der Waals surface area contributed by atoms with E-state index in [4.69, 9.17) is 16.3 Å². The standard InChI is InChI=1S/C15H8FN5/c16-11-5-9(7-17)2-4-13(11)21-14-6-10(8-18)1-3-12(14)20-15(21)19/h1-6H,(H2,19,20). The van der Waals surface area contributed by atoms with Crippen LogP contribution in [0.4, 0.5) is 10.3 Å². The van der Waals surface area contributed by atoms with Gasteiger partial charge in [-0.25, -0.2) is 9.37 Å². The van der Waals surface area contributed by atoms with Crippen LogP contribution in [0.2, 0.25) is 0 Å². The number of imidazole rings is 1. The lowest BCUT2D eigenvalue weighted by atomic mass is 10.2. The number of fused-ring (bicyclic) bond motifs is 1. The summed E-state index contributed by atoms with van der Waals surface area (Å²) in [5.74, 6) is -0.467. The molecule has 0 saturated carbocycles. The van der Waals surface area contributed by atoms with Gasteiger partial charge in [0.1, 0.15) is 5.82 Å². The van der Waals surface area contributed by atoms with Crippen molar-refractivity contribution in [3.63, 3.8) is 0 Å². The van der Waals surface area contributed by atoms with Gasteiger partial charge < -0.3 is 5.73 Å². The van der Waals surface area contributed by atoms with E-state index in [0.29, 0.717) is 16.6 Å². The van der Waals surface area contributed by atoms with Crippen LogP contribution in [0, 0.1) is 28.5 Å². The number of nitriles is 2. The first kappa shape index (κ1) is 12.6. The van der Waals surface area contributed by atoms with Gasteiger partial charge in [-0.05, 0) is 36.4 Å². The normalized spacial score (nSPS) is 10.2. The summed E-state index contributed by atoms with van der Waals surface area (Å²) in [6.07, 6.45) is 0. The van der Waals surface area contributed by atoms with Gasteiger partial charge in [-0.2, -0.15) is 10.5 Å². The van der Waals surface area contributed by atoms with Crippen LogP contribution in [0.15, 0.2) is 36.4 Å². The lowest BCUT2D eigenvalue weighted by Gasteiger charge is -2.08. The molecule has 0 aliphatic heterocycles. The van der Waals surface area contributed by atoms with E-state index in [0.717, 1.165) is 6.07 Å². The number of aromatic nitrogens is 2. The number of nitrogen functional groups attached to an aromatic ring is 1. The van der Waals surface area contributed by atoms with Crippen molar-refractivity contribution in [2.75, 3.05) is 5.73 Å². The van der Waals surface area contributed by atoms with E-state index in [1.165, 1.54) is 16.7 Å². The number of benzene rings is 2. The van der Waals surface area contributed by atoms with Crippen molar-refractivity contribution in [2.24, 2.45) is 0 Å². The summed E-state index contributed by atoms with van der Waals surface area (Å²) in [6, 6.07) is 12.9. The minimum absolute atomic E-state index is 0.115. The number of rotatable bonds is 1. The molecule has 0 unspecified atom stereocenters. The quantitative estimate of drug-likeness (QED) is 0.739. The molecule has 3 aromatic rings. The Bertz CT molecular complexity index is 943. The monoisotopic (exact) mass is 277 g/mol. The van der Waals surface area contributed by atoms with Gasteiger partial charge in [-0.15, -0.1) is 0 Å². The fraction of sp³-hybridized carbons (Fsp3) is 0. The van der Waals surface area contributed by atoms with Gasteiger partial charge in [-0.3, -0.25) is 4.57 Å². The van der Waals surface area contributed by atoms with Crippen LogP contribution in [0.3, 0.4) is 0 Å². The average Bonchev–Trinajstić information content (AvgIpc) is 2.82. The molecular weight excluding hydrogens is 269 g/mol. The van der Waals surface area contributed by atoms with Gasteiger partial charge in [0, 0.05) is 0 Å². The maximum Gasteiger partial charge on any atom is 0.206 e. The molecule has 0 aliphatic rings. The second-order valence-corrected chi connectivity index (χ2v) is 4.40. The molecular formula is C15H8FN5. The summed E-state index contributed by atoms with van der Waals surface area (Å²) in [5, 5.41) is 17.7. The van der Waals surface area contributed by atoms with Crippen LogP contribution < -0.4 is 5.73 Å². The third-order valence-electron chi connectivity index (χ3n) is 3.13. The molecule has 2 aromatic carbocycles. The Kier molecular flexibility index (Phi) is 2.78. The van der Waals surface area contributed by atoms with Crippen LogP contribution in [0.1, 0.15) is 11.1 Å². The zero-order chi connectivity index (χ0) is 15.0. The summed E-state index contributed by atoms with van der Waals surface area (Å²) in [5.41, 5.74) is 7.79. The average molecular weight is 277 g/mol. The zero-order valence-electron chi connectivity index (χ0n) is 10.7. The number of hydrogen-bond donors (Lipinski definition) is 1. The summed E-state index contributed by atoms with van der Waals surface area (Å²) >= 11 is 0. The number of hydrogen-bond acceptors (Lipinski definition) is 4. The van der Waals surface area contributed by atoms with Crippen molar-refractivity contribution in [3.8, 4) is 17.8 Å². The minimum Gasteiger partial charge on any atom is -0.369 e. The molecule has 21 heavy (non-hydrogen) atoms. The van der Waals surface area contributed by atoms with E-state index < -0.39 is 5.82 Å². The topological polar surface area (TPSA) is 91.4 Å². The van der Waals surface area contributed by atoms with E-state index in [9.17, 15) is 4.39 Å². The highest BCUT2D eigenvalue weighted by molar-refractivity contribution is 5.82. The molecule has 0 aliphatic carbocycles. The Morgan fingerprint density at radius 1 is 1.05 bits per heavy atom. The lowest BCUT2D eigenvalue weighted by molar-refractivity contribution is 0.619. The van der Waals surface area contributed by atoms with Crippen LogP contribution in [-0.4, -0.2) is 9.55 Å². The highest BCUT2D eigenvalue weighted by atomic mass is 19.1. The Morgan fingerprint density at radius 2 is 1.71 bits per heavy atom. The second-order valence-electron chi connectivity index (χ2n) is 4.40. The highest BCUT2D eigenvalue weighted by Gasteiger charge is 2.14. The van der Waals surface area contributed by atoms with Crippen molar-refractivity contribution < 1.29 is 4.39 Å². The van der Waals surface area contributed by atoms with Gasteiger partial charge >= 0.3 is 0 Å². The Balaban J connectivity index is 2.32. The Morgan fingerprint density at radius 3 is 2.38 bits per heavy atom. The van der Waals surface area contributed by atoms with E-state index in [1.54, 1.807) is 18.2 Å². The molecule has 6 heteroatoms. The summed E-state index contributed by atoms with van der Waals surface area (Å²) in [7, 11) is 0. The molecule has 2 N–H and O–H groups in total. The van der Waals surface area contributed by atoms with Gasteiger partial charge in [0.05, 0.1) is 40.0 Å². The molecule has 1 heterocycles. The molecule has 100 valence electrons. The van der Waals surface area contributed by atoms with Crippen LogP contribution in [-0.2, 0) is 0 Å². The van der Waals surface area contributed by atoms with E-state index >= 15 is 0 Å². The van der Waals surface area contributed by atoms with Gasteiger partial charge in [0.15, 0.2) is 0 Å². The minimum atomic E-state index is -0.581. The maximum atomic E-state index is 14.2. The number of nitrogens with zero attached hydrogens (tertiary/aromatic N) is 4. The van der Waals surface area contributed by atoms with Crippen molar-refractivity contribution in [3.05, 3.63) is 53.3 Å². The predicted octanol–water partition coefficient (Wildman–Crippen LogP) is 2.49. The summed E-state index contributed by atoms with van der Waals surface area (Å²) in [4.78, 5) is 4.15. The third-order valence-corrected chi connectivity index (χ3v) is 3.13. The van der Waals surface area contributed by atoms with E-state index in [1.807, 2.05) is 12.1 Å². The van der Waals surface area contributed by atoms with Crippen molar-refractivity contribution >= 4 is 17.0 Å². The van der Waals surface area contributed by atoms with Crippen molar-refractivity contribution in [1.29, 1.82) is 10.5 Å². The fourth-order valence-electron chi connectivity index (χ4n) is 2.17. The van der Waals surface area contributed by atoms with Gasteiger partial charge in [-0.1, -0.05) is 0 Å². The summed E-state index contributed by atoms with van der Waals surface area (Å²) < 4.78 is 15.6. The Hall–Kier alpha value is -3.38. The number of halogens is 1. The lowest BCUT2D eigenvalue weighted by Crippen LogP contribution is -2.03. The first-order chi connectivity index (χ1) is 10.1. The predicted molar refractivity (Wildman–Crippen MR) is 74.9 cm³/mol. The largest absolute Gasteiger partial charge is 0.369 e. The van der Waals surface area contributed by atoms with E-state index in [2.05, 4.69) is 4.98 Å². The number of anilines is 1. The molecule has 0 spiro atoms. The van der Waals surface area contributed by atoms with Crippen LogP contribution in [0.25, 0.3) is 16.7 Å². The van der Waals surface area contributed by atoms with Crippen LogP contribution in [0.5, 0.6) is 0 Å². The second kappa shape index (κ2) is 4.62. The van der Waals surface area contributed by atoms with Crippen molar-refractivity contribution in [1.82, 2.24) is 9.55 Å². The third kappa shape index (κ3) is 1.96. The summed E-state index contributed by atoms with van der Waals surface area (Å²) in [6.45, 7) is 0. The molecule has 0 bridgehead atoms. The Labute approximate surface area is 119 Å². The molecule has 3 rings (SSSR count). The molecule has 0 atom stereocenters. The first-order valence-corrected chi connectivity index (χ1v) is 6.02. The molecule has 0 fully saturated rings. The molecule has 5 nitrogen and oxygen atoms in total. The smallest absolute Gasteiger partial charge is 0.206 e. The first-order valence-electron chi connectivity index (χ1n) is 6.02. The zero-order valence-corrected chi connectivity index (χ0v) is 10.7. The van der Waals surface area contributed by atoms with Crippen LogP contribution >= 0.6 is 0 Å². The SMILES string of the molecule is N#Cc1ccc(-n2c(N)nc3ccc(C#N)cc32)c(F)c1. The maximum absolute atomic E-state index is 14.2.